The monoisotopic (exact) mass is 586 g/mol. The molecule has 3 aromatic carbocycles. The summed E-state index contributed by atoms with van der Waals surface area (Å²) in [4.78, 5) is 27.0. The SMILES string of the molecule is CCCN1CCN(C(=O)N2C(c3ccc(C(C)(C)C)cc3OC)=NC(c3ccc(S)cc3)C2c2ccc(O)cc2)CC1. The predicted octanol–water partition coefficient (Wildman–Crippen LogP) is 6.68. The van der Waals surface area contributed by atoms with E-state index in [1.165, 1.54) is 0 Å². The molecule has 2 atom stereocenters. The Hall–Kier alpha value is -3.49. The van der Waals surface area contributed by atoms with E-state index in [-0.39, 0.29) is 23.2 Å². The third kappa shape index (κ3) is 6.15. The highest BCUT2D eigenvalue weighted by molar-refractivity contribution is 7.80. The second-order valence-corrected chi connectivity index (χ2v) is 12.7. The van der Waals surface area contributed by atoms with Crippen LogP contribution in [0.4, 0.5) is 4.79 Å². The highest BCUT2D eigenvalue weighted by Gasteiger charge is 2.45. The number of rotatable bonds is 6. The van der Waals surface area contributed by atoms with Crippen LogP contribution in [0.15, 0.2) is 76.6 Å². The second-order valence-electron chi connectivity index (χ2n) is 12.2. The minimum atomic E-state index is -0.417. The van der Waals surface area contributed by atoms with Crippen molar-refractivity contribution in [3.05, 3.63) is 89.0 Å². The molecular weight excluding hydrogens is 544 g/mol. The number of urea groups is 1. The molecule has 3 aromatic rings. The summed E-state index contributed by atoms with van der Waals surface area (Å²) in [6.45, 7) is 12.7. The molecule has 7 nitrogen and oxygen atoms in total. The molecule has 0 bridgehead atoms. The van der Waals surface area contributed by atoms with Gasteiger partial charge in [-0.2, -0.15) is 0 Å². The number of thiol groups is 1. The Morgan fingerprint density at radius 2 is 1.62 bits per heavy atom. The van der Waals surface area contributed by atoms with Gasteiger partial charge in [0, 0.05) is 31.1 Å². The van der Waals surface area contributed by atoms with E-state index in [4.69, 9.17) is 9.73 Å². The van der Waals surface area contributed by atoms with Crippen LogP contribution in [0.5, 0.6) is 11.5 Å². The standard InChI is InChI=1S/C34H42N4O3S/c1-6-17-36-18-20-37(21-19-36)33(40)38-31(24-7-12-26(39)13-8-24)30(23-9-14-27(42)15-10-23)35-32(38)28-16-11-25(34(2,3)4)22-29(28)41-5/h7-16,22,30-31,39,42H,6,17-21H2,1-5H3. The zero-order valence-electron chi connectivity index (χ0n) is 25.2. The third-order valence-corrected chi connectivity index (χ3v) is 8.53. The molecule has 2 heterocycles. The molecule has 2 aliphatic heterocycles. The Balaban J connectivity index is 1.65. The number of nitrogens with zero attached hydrogens (tertiary/aromatic N) is 4. The number of amidine groups is 1. The maximum absolute atomic E-state index is 14.6. The summed E-state index contributed by atoms with van der Waals surface area (Å²) in [7, 11) is 1.67. The number of hydrogen-bond acceptors (Lipinski definition) is 6. The van der Waals surface area contributed by atoms with Crippen molar-refractivity contribution in [2.75, 3.05) is 39.8 Å². The van der Waals surface area contributed by atoms with Crippen molar-refractivity contribution < 1.29 is 14.6 Å². The average Bonchev–Trinajstić information content (AvgIpc) is 3.37. The van der Waals surface area contributed by atoms with Gasteiger partial charge in [0.2, 0.25) is 0 Å². The van der Waals surface area contributed by atoms with Gasteiger partial charge < -0.3 is 14.7 Å². The number of amides is 2. The molecule has 1 saturated heterocycles. The highest BCUT2D eigenvalue weighted by Crippen LogP contribution is 2.46. The minimum Gasteiger partial charge on any atom is -0.508 e. The molecular formula is C34H42N4O3S. The number of carbonyl (C=O) groups excluding carboxylic acids is 1. The Kier molecular flexibility index (Phi) is 8.85. The Bertz CT molecular complexity index is 1420. The van der Waals surface area contributed by atoms with E-state index in [1.54, 1.807) is 19.2 Å². The number of aliphatic imine (C=N–C) groups is 1. The highest BCUT2D eigenvalue weighted by atomic mass is 32.1. The summed E-state index contributed by atoms with van der Waals surface area (Å²) in [5.41, 5.74) is 3.73. The molecule has 2 amide bonds. The van der Waals surface area contributed by atoms with E-state index in [0.717, 1.165) is 53.2 Å². The average molecular weight is 587 g/mol. The largest absolute Gasteiger partial charge is 0.508 e. The smallest absolute Gasteiger partial charge is 0.326 e. The van der Waals surface area contributed by atoms with Gasteiger partial charge >= 0.3 is 6.03 Å². The molecule has 0 aromatic heterocycles. The number of phenols is 1. The van der Waals surface area contributed by atoms with Crippen molar-refractivity contribution in [3.8, 4) is 11.5 Å². The van der Waals surface area contributed by atoms with Crippen LogP contribution in [0.1, 0.15) is 68.5 Å². The van der Waals surface area contributed by atoms with Gasteiger partial charge in [0.05, 0.1) is 18.7 Å². The molecule has 222 valence electrons. The summed E-state index contributed by atoms with van der Waals surface area (Å²) in [6, 6.07) is 20.4. The molecule has 0 saturated carbocycles. The fourth-order valence-corrected chi connectivity index (χ4v) is 6.00. The van der Waals surface area contributed by atoms with Gasteiger partial charge in [-0.25, -0.2) is 4.79 Å². The summed E-state index contributed by atoms with van der Waals surface area (Å²) >= 11 is 4.50. The van der Waals surface area contributed by atoms with E-state index in [9.17, 15) is 9.90 Å². The normalized spacial score (nSPS) is 19.6. The lowest BCUT2D eigenvalue weighted by molar-refractivity contribution is 0.119. The molecule has 2 aliphatic rings. The van der Waals surface area contributed by atoms with Crippen LogP contribution in [0, 0.1) is 0 Å². The number of ether oxygens (including phenoxy) is 1. The molecule has 5 rings (SSSR count). The van der Waals surface area contributed by atoms with Gasteiger partial charge in [-0.1, -0.05) is 58.0 Å². The lowest BCUT2D eigenvalue weighted by atomic mass is 9.86. The number of phenolic OH excluding ortho intramolecular Hbond substituents is 1. The van der Waals surface area contributed by atoms with E-state index >= 15 is 0 Å². The number of piperazine rings is 1. The topological polar surface area (TPSA) is 68.6 Å². The van der Waals surface area contributed by atoms with E-state index in [1.807, 2.05) is 52.3 Å². The zero-order valence-corrected chi connectivity index (χ0v) is 26.1. The van der Waals surface area contributed by atoms with Crippen LogP contribution >= 0.6 is 12.6 Å². The van der Waals surface area contributed by atoms with Crippen molar-refractivity contribution >= 4 is 24.5 Å². The molecule has 1 N–H and O–H groups in total. The summed E-state index contributed by atoms with van der Waals surface area (Å²) in [5.74, 6) is 1.45. The summed E-state index contributed by atoms with van der Waals surface area (Å²) in [6.07, 6.45) is 1.09. The Morgan fingerprint density at radius 3 is 2.21 bits per heavy atom. The molecule has 0 spiro atoms. The number of aromatic hydroxyl groups is 1. The molecule has 1 fully saturated rings. The fraction of sp³-hybridized carbons (Fsp3) is 0.412. The van der Waals surface area contributed by atoms with Gasteiger partial charge in [0.1, 0.15) is 23.4 Å². The lowest BCUT2D eigenvalue weighted by Gasteiger charge is -2.39. The van der Waals surface area contributed by atoms with Crippen LogP contribution < -0.4 is 4.74 Å². The molecule has 0 radical (unpaired) electrons. The van der Waals surface area contributed by atoms with Crippen molar-refractivity contribution in [1.29, 1.82) is 0 Å². The first-order chi connectivity index (χ1) is 20.1. The van der Waals surface area contributed by atoms with Crippen LogP contribution in [-0.4, -0.2) is 71.5 Å². The summed E-state index contributed by atoms with van der Waals surface area (Å²) < 4.78 is 5.94. The van der Waals surface area contributed by atoms with Crippen molar-refractivity contribution in [2.45, 2.75) is 56.5 Å². The van der Waals surface area contributed by atoms with E-state index < -0.39 is 6.04 Å². The van der Waals surface area contributed by atoms with Gasteiger partial charge in [0.15, 0.2) is 0 Å². The molecule has 2 unspecified atom stereocenters. The van der Waals surface area contributed by atoms with Crippen LogP contribution in [0.2, 0.25) is 0 Å². The quantitative estimate of drug-likeness (QED) is 0.316. The fourth-order valence-electron chi connectivity index (χ4n) is 5.85. The van der Waals surface area contributed by atoms with Crippen molar-refractivity contribution in [3.63, 3.8) is 0 Å². The molecule has 0 aliphatic carbocycles. The maximum Gasteiger partial charge on any atom is 0.326 e. The molecule has 8 heteroatoms. The first-order valence-electron chi connectivity index (χ1n) is 14.8. The third-order valence-electron chi connectivity index (χ3n) is 8.23. The predicted molar refractivity (Wildman–Crippen MR) is 171 cm³/mol. The first-order valence-corrected chi connectivity index (χ1v) is 15.2. The Morgan fingerprint density at radius 1 is 0.976 bits per heavy atom. The van der Waals surface area contributed by atoms with Crippen molar-refractivity contribution in [2.24, 2.45) is 4.99 Å². The van der Waals surface area contributed by atoms with E-state index in [0.29, 0.717) is 24.7 Å². The van der Waals surface area contributed by atoms with Gasteiger partial charge in [0.25, 0.3) is 0 Å². The van der Waals surface area contributed by atoms with Crippen LogP contribution in [0.3, 0.4) is 0 Å². The number of hydrogen-bond donors (Lipinski definition) is 2. The van der Waals surface area contributed by atoms with Crippen molar-refractivity contribution in [1.82, 2.24) is 14.7 Å². The lowest BCUT2D eigenvalue weighted by Crippen LogP contribution is -2.54. The minimum absolute atomic E-state index is 0.0668. The van der Waals surface area contributed by atoms with Crippen LogP contribution in [0.25, 0.3) is 0 Å². The molecule has 42 heavy (non-hydrogen) atoms. The number of carbonyl (C=O) groups is 1. The number of methoxy groups -OCH3 is 1. The number of benzene rings is 3. The maximum atomic E-state index is 14.6. The van der Waals surface area contributed by atoms with Crippen LogP contribution in [-0.2, 0) is 5.41 Å². The first kappa shape index (κ1) is 30.0. The second kappa shape index (κ2) is 12.4. The zero-order chi connectivity index (χ0) is 30.0. The van der Waals surface area contributed by atoms with E-state index in [2.05, 4.69) is 57.4 Å². The van der Waals surface area contributed by atoms with Gasteiger partial charge in [-0.3, -0.25) is 14.8 Å². The Labute approximate surface area is 255 Å². The summed E-state index contributed by atoms with van der Waals surface area (Å²) in [5, 5.41) is 10.1. The van der Waals surface area contributed by atoms with Gasteiger partial charge in [-0.05, 0) is 71.5 Å². The van der Waals surface area contributed by atoms with Gasteiger partial charge in [-0.15, -0.1) is 12.6 Å².